The molecule has 172 valence electrons. The van der Waals surface area contributed by atoms with Gasteiger partial charge in [0, 0.05) is 43.5 Å². The van der Waals surface area contributed by atoms with Crippen LogP contribution in [0.3, 0.4) is 0 Å². The van der Waals surface area contributed by atoms with Gasteiger partial charge in [0.15, 0.2) is 5.82 Å². The van der Waals surface area contributed by atoms with Crippen LogP contribution >= 0.6 is 0 Å². The molecule has 4 rings (SSSR count). The topological polar surface area (TPSA) is 93.0 Å². The molecule has 1 fully saturated rings. The molecule has 1 amide bonds. The second-order valence-corrected chi connectivity index (χ2v) is 8.43. The molecule has 0 bridgehead atoms. The lowest BCUT2D eigenvalue weighted by atomic mass is 9.97. The van der Waals surface area contributed by atoms with Gasteiger partial charge in [0.1, 0.15) is 0 Å². The molecule has 33 heavy (non-hydrogen) atoms. The van der Waals surface area contributed by atoms with E-state index in [1.165, 1.54) is 4.57 Å². The molecule has 0 saturated carbocycles. The van der Waals surface area contributed by atoms with Gasteiger partial charge in [-0.25, -0.2) is 4.98 Å². The predicted octanol–water partition coefficient (Wildman–Crippen LogP) is 2.60. The number of hydrogen-bond donors (Lipinski definition) is 1. The third-order valence-electron chi connectivity index (χ3n) is 6.14. The number of benzene rings is 1. The molecule has 1 aliphatic rings. The average Bonchev–Trinajstić information content (AvgIpc) is 2.85. The normalized spacial score (nSPS) is 15.9. The molecule has 0 spiro atoms. The van der Waals surface area contributed by atoms with E-state index in [1.807, 2.05) is 37.3 Å². The van der Waals surface area contributed by atoms with E-state index in [1.54, 1.807) is 12.4 Å². The van der Waals surface area contributed by atoms with E-state index in [4.69, 9.17) is 0 Å². The summed E-state index contributed by atoms with van der Waals surface area (Å²) in [6, 6.07) is 13.6. The molecule has 3 aromatic rings. The Morgan fingerprint density at radius 2 is 2.03 bits per heavy atom. The second kappa shape index (κ2) is 10.4. The molecule has 1 aliphatic heterocycles. The zero-order valence-electron chi connectivity index (χ0n) is 19.2. The van der Waals surface area contributed by atoms with E-state index >= 15 is 0 Å². The van der Waals surface area contributed by atoms with Gasteiger partial charge in [0.25, 0.3) is 5.56 Å². The van der Waals surface area contributed by atoms with Gasteiger partial charge in [-0.2, -0.15) is 0 Å². The van der Waals surface area contributed by atoms with Crippen LogP contribution in [-0.2, 0) is 17.8 Å². The van der Waals surface area contributed by atoms with Gasteiger partial charge in [0.05, 0.1) is 17.9 Å². The standard InChI is InChI=1S/C25H30N6O2/c1-3-20-15-24(32)31(17-27-20)14-12-26-25(33)19-8-6-13-30(16-19)23-11-10-22(28-29-23)21-9-5-4-7-18(21)2/h4-5,7,9-11,15,17,19H,3,6,8,12-14,16H2,1-2H3,(H,26,33). The number of hydrogen-bond acceptors (Lipinski definition) is 6. The van der Waals surface area contributed by atoms with E-state index in [0.29, 0.717) is 19.6 Å². The van der Waals surface area contributed by atoms with E-state index in [2.05, 4.69) is 38.4 Å². The maximum absolute atomic E-state index is 12.8. The quantitative estimate of drug-likeness (QED) is 0.600. The molecular formula is C25H30N6O2. The summed E-state index contributed by atoms with van der Waals surface area (Å²) in [5, 5.41) is 11.8. The first kappa shape index (κ1) is 22.6. The number of amides is 1. The van der Waals surface area contributed by atoms with Crippen LogP contribution in [0.1, 0.15) is 31.0 Å². The lowest BCUT2D eigenvalue weighted by Gasteiger charge is -2.32. The van der Waals surface area contributed by atoms with Crippen molar-refractivity contribution >= 4 is 11.7 Å². The van der Waals surface area contributed by atoms with Gasteiger partial charge in [-0.3, -0.25) is 14.2 Å². The van der Waals surface area contributed by atoms with Gasteiger partial charge in [-0.1, -0.05) is 31.2 Å². The Balaban J connectivity index is 1.33. The first-order chi connectivity index (χ1) is 16.0. The van der Waals surface area contributed by atoms with E-state index in [-0.39, 0.29) is 17.4 Å². The Morgan fingerprint density at radius 1 is 1.18 bits per heavy atom. The Labute approximate surface area is 193 Å². The minimum atomic E-state index is -0.117. The molecule has 1 unspecified atom stereocenters. The zero-order valence-corrected chi connectivity index (χ0v) is 19.2. The molecule has 1 aromatic carbocycles. The highest BCUT2D eigenvalue weighted by Gasteiger charge is 2.26. The molecule has 1 saturated heterocycles. The van der Waals surface area contributed by atoms with Crippen LogP contribution in [0, 0.1) is 12.8 Å². The fraction of sp³-hybridized carbons (Fsp3) is 0.400. The Kier molecular flexibility index (Phi) is 7.12. The number of nitrogens with zero attached hydrogens (tertiary/aromatic N) is 5. The van der Waals surface area contributed by atoms with Gasteiger partial charge in [-0.05, 0) is 43.9 Å². The van der Waals surface area contributed by atoms with Gasteiger partial charge in [-0.15, -0.1) is 10.2 Å². The highest BCUT2D eigenvalue weighted by Crippen LogP contribution is 2.24. The van der Waals surface area contributed by atoms with Crippen molar-refractivity contribution in [2.24, 2.45) is 5.92 Å². The summed E-state index contributed by atoms with van der Waals surface area (Å²) in [4.78, 5) is 31.2. The van der Waals surface area contributed by atoms with Crippen molar-refractivity contribution in [1.82, 2.24) is 25.1 Å². The summed E-state index contributed by atoms with van der Waals surface area (Å²) in [7, 11) is 0. The van der Waals surface area contributed by atoms with Crippen molar-refractivity contribution in [3.05, 3.63) is 70.4 Å². The van der Waals surface area contributed by atoms with E-state index < -0.39 is 0 Å². The molecule has 0 aliphatic carbocycles. The number of carbonyl (C=O) groups is 1. The first-order valence-corrected chi connectivity index (χ1v) is 11.5. The fourth-order valence-corrected chi connectivity index (χ4v) is 4.17. The Morgan fingerprint density at radius 3 is 2.76 bits per heavy atom. The van der Waals surface area contributed by atoms with Crippen LogP contribution < -0.4 is 15.8 Å². The number of carbonyl (C=O) groups excluding carboxylic acids is 1. The second-order valence-electron chi connectivity index (χ2n) is 8.43. The van der Waals surface area contributed by atoms with Gasteiger partial charge >= 0.3 is 0 Å². The lowest BCUT2D eigenvalue weighted by Crippen LogP contribution is -2.44. The first-order valence-electron chi connectivity index (χ1n) is 11.5. The highest BCUT2D eigenvalue weighted by molar-refractivity contribution is 5.79. The largest absolute Gasteiger partial charge is 0.354 e. The molecule has 1 atom stereocenters. The maximum Gasteiger partial charge on any atom is 0.253 e. The molecule has 2 aromatic heterocycles. The summed E-state index contributed by atoms with van der Waals surface area (Å²) in [5.74, 6) is 0.683. The number of rotatable bonds is 7. The van der Waals surface area contributed by atoms with Gasteiger partial charge < -0.3 is 10.2 Å². The fourth-order valence-electron chi connectivity index (χ4n) is 4.17. The van der Waals surface area contributed by atoms with Crippen molar-refractivity contribution < 1.29 is 4.79 Å². The number of nitrogens with one attached hydrogen (secondary N) is 1. The summed E-state index contributed by atoms with van der Waals surface area (Å²) < 4.78 is 1.53. The van der Waals surface area contributed by atoms with Gasteiger partial charge in [0.2, 0.25) is 5.91 Å². The van der Waals surface area contributed by atoms with Crippen LogP contribution in [0.4, 0.5) is 5.82 Å². The molecular weight excluding hydrogens is 416 g/mol. The molecule has 8 nitrogen and oxygen atoms in total. The van der Waals surface area contributed by atoms with Crippen molar-refractivity contribution in [1.29, 1.82) is 0 Å². The molecule has 8 heteroatoms. The third-order valence-corrected chi connectivity index (χ3v) is 6.14. The lowest BCUT2D eigenvalue weighted by molar-refractivity contribution is -0.125. The highest BCUT2D eigenvalue weighted by atomic mass is 16.2. The van der Waals surface area contributed by atoms with Crippen molar-refractivity contribution in [3.63, 3.8) is 0 Å². The van der Waals surface area contributed by atoms with Crippen LogP contribution in [0.5, 0.6) is 0 Å². The molecule has 3 heterocycles. The predicted molar refractivity (Wildman–Crippen MR) is 128 cm³/mol. The minimum absolute atomic E-state index is 0.00961. The monoisotopic (exact) mass is 446 g/mol. The summed E-state index contributed by atoms with van der Waals surface area (Å²) in [6.07, 6.45) is 4.03. The molecule has 1 N–H and O–H groups in total. The molecule has 0 radical (unpaired) electrons. The smallest absolute Gasteiger partial charge is 0.253 e. The Hall–Kier alpha value is -3.55. The minimum Gasteiger partial charge on any atom is -0.354 e. The maximum atomic E-state index is 12.8. The van der Waals surface area contributed by atoms with Crippen molar-refractivity contribution in [2.75, 3.05) is 24.5 Å². The van der Waals surface area contributed by atoms with E-state index in [9.17, 15) is 9.59 Å². The van der Waals surface area contributed by atoms with Crippen LogP contribution in [0.15, 0.2) is 53.6 Å². The van der Waals surface area contributed by atoms with Crippen molar-refractivity contribution in [3.8, 4) is 11.3 Å². The van der Waals surface area contributed by atoms with E-state index in [0.717, 1.165) is 54.1 Å². The SMILES string of the molecule is CCc1cc(=O)n(CCNC(=O)C2CCCN(c3ccc(-c4ccccc4C)nn3)C2)cn1. The van der Waals surface area contributed by atoms with Crippen LogP contribution in [0.2, 0.25) is 0 Å². The van der Waals surface area contributed by atoms with Crippen LogP contribution in [-0.4, -0.2) is 45.3 Å². The average molecular weight is 447 g/mol. The summed E-state index contributed by atoms with van der Waals surface area (Å²) in [6.45, 7) is 6.29. The Bertz CT molecular complexity index is 1160. The number of aryl methyl sites for hydroxylation is 2. The van der Waals surface area contributed by atoms with Crippen molar-refractivity contribution in [2.45, 2.75) is 39.7 Å². The summed E-state index contributed by atoms with van der Waals surface area (Å²) >= 11 is 0. The van der Waals surface area contributed by atoms with Crippen LogP contribution in [0.25, 0.3) is 11.3 Å². The zero-order chi connectivity index (χ0) is 23.2. The summed E-state index contributed by atoms with van der Waals surface area (Å²) in [5.41, 5.74) is 3.77. The number of anilines is 1. The third kappa shape index (κ3) is 5.45. The number of aromatic nitrogens is 4. The number of piperidine rings is 1.